The van der Waals surface area contributed by atoms with Crippen LogP contribution < -0.4 is 4.72 Å². The zero-order valence-electron chi connectivity index (χ0n) is 5.65. The SMILES string of the molecule is CCC(=N)N[SH](C)C. The molecule has 0 bridgehead atoms. The van der Waals surface area contributed by atoms with Gasteiger partial charge < -0.3 is 4.72 Å². The minimum Gasteiger partial charge on any atom is -0.339 e. The van der Waals surface area contributed by atoms with Crippen LogP contribution in [0.3, 0.4) is 0 Å². The lowest BCUT2D eigenvalue weighted by Crippen LogP contribution is -2.16. The average Bonchev–Trinajstić information content (AvgIpc) is 1.65. The summed E-state index contributed by atoms with van der Waals surface area (Å²) in [5.41, 5.74) is 0. The van der Waals surface area contributed by atoms with Crippen molar-refractivity contribution in [3.05, 3.63) is 0 Å². The van der Waals surface area contributed by atoms with Gasteiger partial charge >= 0.3 is 0 Å². The molecule has 0 heterocycles. The molecule has 8 heavy (non-hydrogen) atoms. The van der Waals surface area contributed by atoms with Crippen LogP contribution in [0.4, 0.5) is 0 Å². The van der Waals surface area contributed by atoms with E-state index in [1.165, 1.54) is 0 Å². The van der Waals surface area contributed by atoms with Crippen molar-refractivity contribution < 1.29 is 0 Å². The maximum Gasteiger partial charge on any atom is 0.101 e. The van der Waals surface area contributed by atoms with Crippen LogP contribution in [0.5, 0.6) is 0 Å². The topological polar surface area (TPSA) is 35.9 Å². The van der Waals surface area contributed by atoms with E-state index in [-0.39, 0.29) is 11.1 Å². The number of nitrogens with one attached hydrogen (secondary N) is 2. The normalized spacial score (nSPS) is 10.6. The first-order valence-corrected chi connectivity index (χ1v) is 4.91. The molecule has 0 aliphatic heterocycles. The zero-order chi connectivity index (χ0) is 6.57. The molecule has 0 aliphatic rings. The highest BCUT2D eigenvalue weighted by molar-refractivity contribution is 8.14. The Kier molecular flexibility index (Phi) is 3.69. The van der Waals surface area contributed by atoms with Gasteiger partial charge in [-0.3, -0.25) is 5.41 Å². The molecule has 0 atom stereocenters. The molecule has 0 radical (unpaired) electrons. The number of hydrogen-bond donors (Lipinski definition) is 3. The standard InChI is InChI=1S/C5H14N2S/c1-4-5(6)7-8(2)3/h8H,4H2,1-3H3,(H2,6,7). The van der Waals surface area contributed by atoms with Crippen LogP contribution in [0.1, 0.15) is 13.3 Å². The Morgan fingerprint density at radius 3 is 2.25 bits per heavy atom. The fourth-order valence-electron chi connectivity index (χ4n) is 0.349. The van der Waals surface area contributed by atoms with Crippen LogP contribution in [0.15, 0.2) is 0 Å². The van der Waals surface area contributed by atoms with E-state index in [1.54, 1.807) is 0 Å². The molecule has 2 nitrogen and oxygen atoms in total. The predicted octanol–water partition coefficient (Wildman–Crippen LogP) is 1.14. The quantitative estimate of drug-likeness (QED) is 0.295. The zero-order valence-corrected chi connectivity index (χ0v) is 6.55. The van der Waals surface area contributed by atoms with Crippen molar-refractivity contribution in [1.29, 1.82) is 5.41 Å². The second-order valence-electron chi connectivity index (χ2n) is 1.84. The van der Waals surface area contributed by atoms with Crippen molar-refractivity contribution in [1.82, 2.24) is 4.72 Å². The Labute approximate surface area is 53.7 Å². The third-order valence-corrected chi connectivity index (χ3v) is 1.43. The molecular formula is C5H14N2S. The third kappa shape index (κ3) is 3.99. The molecule has 0 unspecified atom stereocenters. The molecule has 0 saturated carbocycles. The van der Waals surface area contributed by atoms with E-state index in [1.807, 2.05) is 6.92 Å². The monoisotopic (exact) mass is 134 g/mol. The van der Waals surface area contributed by atoms with Gasteiger partial charge in [-0.05, 0) is 12.5 Å². The molecule has 0 spiro atoms. The highest BCUT2D eigenvalue weighted by atomic mass is 32.2. The van der Waals surface area contributed by atoms with Crippen LogP contribution in [0, 0.1) is 5.41 Å². The molecular weight excluding hydrogens is 120 g/mol. The molecule has 50 valence electrons. The minimum atomic E-state index is -0.120. The smallest absolute Gasteiger partial charge is 0.101 e. The lowest BCUT2D eigenvalue weighted by molar-refractivity contribution is 1.17. The first-order chi connectivity index (χ1) is 3.66. The molecule has 2 N–H and O–H groups in total. The Morgan fingerprint density at radius 1 is 1.62 bits per heavy atom. The van der Waals surface area contributed by atoms with Gasteiger partial charge in [0.05, 0.1) is 0 Å². The number of thiol groups is 1. The van der Waals surface area contributed by atoms with Gasteiger partial charge in [-0.2, -0.15) is 11.1 Å². The summed E-state index contributed by atoms with van der Waals surface area (Å²) in [6, 6.07) is 0. The molecule has 0 aromatic heterocycles. The lowest BCUT2D eigenvalue weighted by atomic mass is 10.5. The van der Waals surface area contributed by atoms with Gasteiger partial charge in [0.15, 0.2) is 0 Å². The maximum atomic E-state index is 7.17. The van der Waals surface area contributed by atoms with Gasteiger partial charge in [-0.25, -0.2) is 0 Å². The predicted molar refractivity (Wildman–Crippen MR) is 42.0 cm³/mol. The van der Waals surface area contributed by atoms with E-state index in [4.69, 9.17) is 5.41 Å². The Balaban J connectivity index is 3.25. The minimum absolute atomic E-state index is 0.120. The second-order valence-corrected chi connectivity index (χ2v) is 3.85. The molecule has 0 aliphatic carbocycles. The second kappa shape index (κ2) is 3.78. The molecule has 0 aromatic carbocycles. The van der Waals surface area contributed by atoms with E-state index in [2.05, 4.69) is 17.2 Å². The Morgan fingerprint density at radius 2 is 2.12 bits per heavy atom. The van der Waals surface area contributed by atoms with Crippen molar-refractivity contribution in [2.45, 2.75) is 13.3 Å². The fraction of sp³-hybridized carbons (Fsp3) is 0.800. The third-order valence-electron chi connectivity index (χ3n) is 0.712. The molecule has 0 fully saturated rings. The van der Waals surface area contributed by atoms with Crippen LogP contribution in [0.25, 0.3) is 0 Å². The number of amidine groups is 1. The summed E-state index contributed by atoms with van der Waals surface area (Å²) in [5.74, 6) is 0.654. The summed E-state index contributed by atoms with van der Waals surface area (Å²) < 4.78 is 3.04. The molecule has 0 amide bonds. The lowest BCUT2D eigenvalue weighted by Gasteiger charge is -2.11. The first kappa shape index (κ1) is 7.82. The highest BCUT2D eigenvalue weighted by Crippen LogP contribution is 2.04. The summed E-state index contributed by atoms with van der Waals surface area (Å²) >= 11 is -0.120. The van der Waals surface area contributed by atoms with Gasteiger partial charge in [-0.15, -0.1) is 0 Å². The number of rotatable bonds is 2. The van der Waals surface area contributed by atoms with E-state index >= 15 is 0 Å². The first-order valence-electron chi connectivity index (χ1n) is 2.68. The summed E-state index contributed by atoms with van der Waals surface area (Å²) in [6.07, 6.45) is 5.01. The molecule has 0 rings (SSSR count). The van der Waals surface area contributed by atoms with Crippen LogP contribution >= 0.6 is 11.1 Å². The van der Waals surface area contributed by atoms with E-state index in [0.29, 0.717) is 5.84 Å². The van der Waals surface area contributed by atoms with Crippen LogP contribution in [0.2, 0.25) is 0 Å². The van der Waals surface area contributed by atoms with Crippen molar-refractivity contribution in [3.8, 4) is 0 Å². The van der Waals surface area contributed by atoms with Gasteiger partial charge in [0.2, 0.25) is 0 Å². The van der Waals surface area contributed by atoms with Crippen molar-refractivity contribution in [2.75, 3.05) is 12.5 Å². The van der Waals surface area contributed by atoms with E-state index < -0.39 is 0 Å². The summed E-state index contributed by atoms with van der Waals surface area (Å²) in [4.78, 5) is 0. The molecule has 0 saturated heterocycles. The summed E-state index contributed by atoms with van der Waals surface area (Å²) in [5, 5.41) is 7.17. The van der Waals surface area contributed by atoms with Gasteiger partial charge in [0.25, 0.3) is 0 Å². The van der Waals surface area contributed by atoms with Crippen molar-refractivity contribution >= 4 is 16.9 Å². The Hall–Kier alpha value is -0.180. The van der Waals surface area contributed by atoms with Crippen LogP contribution in [-0.4, -0.2) is 18.3 Å². The van der Waals surface area contributed by atoms with Crippen molar-refractivity contribution in [3.63, 3.8) is 0 Å². The van der Waals surface area contributed by atoms with Gasteiger partial charge in [0.1, 0.15) is 5.84 Å². The highest BCUT2D eigenvalue weighted by Gasteiger charge is 1.88. The van der Waals surface area contributed by atoms with Gasteiger partial charge in [-0.1, -0.05) is 6.92 Å². The summed E-state index contributed by atoms with van der Waals surface area (Å²) in [6.45, 7) is 1.98. The molecule has 3 heteroatoms. The maximum absolute atomic E-state index is 7.17. The largest absolute Gasteiger partial charge is 0.339 e. The molecule has 0 aromatic rings. The van der Waals surface area contributed by atoms with E-state index in [0.717, 1.165) is 6.42 Å². The average molecular weight is 134 g/mol. The summed E-state index contributed by atoms with van der Waals surface area (Å²) in [7, 11) is 0. The Bertz CT molecular complexity index is 80.5. The number of hydrogen-bond acceptors (Lipinski definition) is 1. The van der Waals surface area contributed by atoms with Gasteiger partial charge in [0, 0.05) is 6.42 Å². The van der Waals surface area contributed by atoms with Crippen LogP contribution in [-0.2, 0) is 0 Å². The fourth-order valence-corrected chi connectivity index (χ4v) is 1.05. The van der Waals surface area contributed by atoms with E-state index in [9.17, 15) is 0 Å². The van der Waals surface area contributed by atoms with Crippen molar-refractivity contribution in [2.24, 2.45) is 0 Å².